The van der Waals surface area contributed by atoms with E-state index in [2.05, 4.69) is 113 Å². The molecule has 0 aromatic heterocycles. The Balaban J connectivity index is 0. The van der Waals surface area contributed by atoms with E-state index >= 15 is 0 Å². The fourth-order valence-electron chi connectivity index (χ4n) is 4.30. The van der Waals surface area contributed by atoms with Crippen molar-refractivity contribution in [3.05, 3.63) is 35.9 Å². The Labute approximate surface area is 230 Å². The monoisotopic (exact) mass is 503 g/mol. The van der Waals surface area contributed by atoms with Crippen LogP contribution in [-0.2, 0) is 0 Å². The second-order valence-corrected chi connectivity index (χ2v) is 12.6. The highest BCUT2D eigenvalue weighted by molar-refractivity contribution is 5.22. The molecular formula is C36H70. The molecule has 36 heavy (non-hydrogen) atoms. The summed E-state index contributed by atoms with van der Waals surface area (Å²) >= 11 is 0. The first-order valence-corrected chi connectivity index (χ1v) is 16.1. The molecule has 214 valence electrons. The molecule has 0 N–H and O–H groups in total. The average molecular weight is 503 g/mol. The third kappa shape index (κ3) is 22.4. The quantitative estimate of drug-likeness (QED) is 0.347. The zero-order valence-corrected chi connectivity index (χ0v) is 27.2. The van der Waals surface area contributed by atoms with Crippen LogP contribution in [0.1, 0.15) is 165 Å². The predicted molar refractivity (Wildman–Crippen MR) is 169 cm³/mol. The van der Waals surface area contributed by atoms with Crippen molar-refractivity contribution in [2.45, 2.75) is 160 Å². The molecule has 0 aliphatic heterocycles. The van der Waals surface area contributed by atoms with Crippen molar-refractivity contribution in [2.24, 2.45) is 35.5 Å². The van der Waals surface area contributed by atoms with E-state index in [9.17, 15) is 0 Å². The van der Waals surface area contributed by atoms with E-state index in [1.165, 1.54) is 76.2 Å². The summed E-state index contributed by atoms with van der Waals surface area (Å²) in [5, 5.41) is 0. The predicted octanol–water partition coefficient (Wildman–Crippen LogP) is 13.0. The van der Waals surface area contributed by atoms with Crippen molar-refractivity contribution in [1.82, 2.24) is 0 Å². The molecule has 2 aliphatic rings. The van der Waals surface area contributed by atoms with Crippen molar-refractivity contribution in [3.8, 4) is 0 Å². The number of hydrogen-bond acceptors (Lipinski definition) is 0. The molecule has 1 aromatic carbocycles. The van der Waals surface area contributed by atoms with Gasteiger partial charge in [-0.3, -0.25) is 0 Å². The van der Waals surface area contributed by atoms with Crippen LogP contribution in [0.25, 0.3) is 0 Å². The first kappa shape index (κ1) is 37.4. The van der Waals surface area contributed by atoms with Gasteiger partial charge in [0.25, 0.3) is 0 Å². The summed E-state index contributed by atoms with van der Waals surface area (Å²) in [4.78, 5) is 0. The first-order valence-electron chi connectivity index (χ1n) is 16.1. The van der Waals surface area contributed by atoms with E-state index in [-0.39, 0.29) is 0 Å². The summed E-state index contributed by atoms with van der Waals surface area (Å²) in [5.41, 5.74) is 1.53. The van der Waals surface area contributed by atoms with Gasteiger partial charge in [0.15, 0.2) is 0 Å². The Morgan fingerprint density at radius 3 is 1.44 bits per heavy atom. The van der Waals surface area contributed by atoms with E-state index in [1.807, 2.05) is 0 Å². The number of rotatable bonds is 7. The molecule has 0 amide bonds. The summed E-state index contributed by atoms with van der Waals surface area (Å²) < 4.78 is 0. The number of hydrogen-bond donors (Lipinski definition) is 0. The van der Waals surface area contributed by atoms with Gasteiger partial charge in [-0.2, -0.15) is 0 Å². The fourth-order valence-corrected chi connectivity index (χ4v) is 4.30. The summed E-state index contributed by atoms with van der Waals surface area (Å²) in [6, 6.07) is 10.8. The Bertz CT molecular complexity index is 532. The molecule has 0 bridgehead atoms. The molecule has 1 aromatic rings. The first-order chi connectivity index (χ1) is 17.0. The highest BCUT2D eigenvalue weighted by Crippen LogP contribution is 2.39. The van der Waals surface area contributed by atoms with Crippen molar-refractivity contribution in [1.29, 1.82) is 0 Å². The van der Waals surface area contributed by atoms with Gasteiger partial charge in [0.05, 0.1) is 0 Å². The van der Waals surface area contributed by atoms with E-state index in [0.29, 0.717) is 0 Å². The van der Waals surface area contributed by atoms with Gasteiger partial charge in [0, 0.05) is 0 Å². The Morgan fingerprint density at radius 1 is 0.667 bits per heavy atom. The topological polar surface area (TPSA) is 0 Å². The fraction of sp³-hybridized carbons (Fsp3) is 0.833. The van der Waals surface area contributed by atoms with Crippen molar-refractivity contribution >= 4 is 0 Å². The van der Waals surface area contributed by atoms with Gasteiger partial charge in [0.2, 0.25) is 0 Å². The molecule has 0 heteroatoms. The summed E-state index contributed by atoms with van der Waals surface area (Å²) in [7, 11) is 0. The largest absolute Gasteiger partial charge is 0.0656 e. The Kier molecular flexibility index (Phi) is 25.5. The van der Waals surface area contributed by atoms with Crippen LogP contribution in [0.15, 0.2) is 30.3 Å². The normalized spacial score (nSPS) is 17.6. The minimum atomic E-state index is 0.849. The average Bonchev–Trinajstić information content (AvgIpc) is 3.71. The maximum atomic E-state index is 2.37. The third-order valence-electron chi connectivity index (χ3n) is 8.22. The highest BCUT2D eigenvalue weighted by Gasteiger charge is 2.22. The smallest absolute Gasteiger partial charge is 0.0162 e. The molecule has 3 rings (SSSR count). The van der Waals surface area contributed by atoms with Crippen LogP contribution in [0.4, 0.5) is 0 Å². The van der Waals surface area contributed by atoms with Crippen LogP contribution in [-0.4, -0.2) is 0 Å². The van der Waals surface area contributed by atoms with Crippen LogP contribution >= 0.6 is 0 Å². The summed E-state index contributed by atoms with van der Waals surface area (Å²) in [5.74, 6) is 6.36. The zero-order valence-electron chi connectivity index (χ0n) is 27.2. The summed E-state index contributed by atoms with van der Waals surface area (Å²) in [6.07, 6.45) is 15.5. The maximum absolute atomic E-state index is 2.37. The summed E-state index contributed by atoms with van der Waals surface area (Å²) in [6.45, 7) is 27.3. The van der Waals surface area contributed by atoms with E-state index < -0.39 is 0 Å². The van der Waals surface area contributed by atoms with E-state index in [0.717, 1.165) is 41.4 Å². The molecule has 0 heterocycles. The molecule has 2 aliphatic carbocycles. The SMILES string of the molecule is CC1CCCCC1.CCC.CCC(C)C(C)C.CCCC(C)C(C)C(C)C.c1ccc(C2CC2)cc1. The molecule has 0 nitrogen and oxygen atoms in total. The van der Waals surface area contributed by atoms with E-state index in [4.69, 9.17) is 0 Å². The standard InChI is InChI=1S/C10H22.C9H10.C7H14.C7H16.C3H8/c1-6-7-9(4)10(5)8(2)3;1-2-4-8(5-3-1)9-6-7-9;1-7-5-3-2-4-6-7;1-5-7(4)6(2)3;1-3-2/h8-10H,6-7H2,1-5H3;1-5,9H,6-7H2;7H,2-6H2,1H3;6-7H,5H2,1-4H3;3H2,1-2H3. The lowest BCUT2D eigenvalue weighted by atomic mass is 9.84. The highest BCUT2D eigenvalue weighted by atomic mass is 14.3. The van der Waals surface area contributed by atoms with Gasteiger partial charge in [-0.15, -0.1) is 0 Å². The van der Waals surface area contributed by atoms with Gasteiger partial charge in [-0.25, -0.2) is 0 Å². The van der Waals surface area contributed by atoms with E-state index in [1.54, 1.807) is 0 Å². The lowest BCUT2D eigenvalue weighted by Crippen LogP contribution is -2.13. The maximum Gasteiger partial charge on any atom is -0.0162 e. The van der Waals surface area contributed by atoms with Crippen LogP contribution in [0.2, 0.25) is 0 Å². The molecule has 2 fully saturated rings. The van der Waals surface area contributed by atoms with Crippen LogP contribution < -0.4 is 0 Å². The van der Waals surface area contributed by atoms with Crippen LogP contribution in [0.3, 0.4) is 0 Å². The van der Waals surface area contributed by atoms with Crippen molar-refractivity contribution < 1.29 is 0 Å². The second kappa shape index (κ2) is 24.6. The van der Waals surface area contributed by atoms with Crippen molar-refractivity contribution in [2.75, 3.05) is 0 Å². The minimum Gasteiger partial charge on any atom is -0.0656 e. The zero-order chi connectivity index (χ0) is 27.9. The molecule has 3 atom stereocenters. The molecular weight excluding hydrogens is 432 g/mol. The van der Waals surface area contributed by atoms with Crippen molar-refractivity contribution in [3.63, 3.8) is 0 Å². The third-order valence-corrected chi connectivity index (χ3v) is 8.22. The van der Waals surface area contributed by atoms with Crippen LogP contribution in [0.5, 0.6) is 0 Å². The lowest BCUT2D eigenvalue weighted by molar-refractivity contribution is 0.280. The molecule has 0 spiro atoms. The molecule has 0 radical (unpaired) electrons. The van der Waals surface area contributed by atoms with Gasteiger partial charge in [-0.05, 0) is 59.8 Å². The molecule has 0 saturated heterocycles. The molecule has 3 unspecified atom stereocenters. The van der Waals surface area contributed by atoms with Crippen LogP contribution in [0, 0.1) is 35.5 Å². The van der Waals surface area contributed by atoms with Gasteiger partial charge in [-0.1, -0.05) is 171 Å². The van der Waals surface area contributed by atoms with Gasteiger partial charge < -0.3 is 0 Å². The number of benzene rings is 1. The second-order valence-electron chi connectivity index (χ2n) is 12.6. The Hall–Kier alpha value is -0.780. The van der Waals surface area contributed by atoms with Gasteiger partial charge in [0.1, 0.15) is 0 Å². The van der Waals surface area contributed by atoms with Gasteiger partial charge >= 0.3 is 0 Å². The molecule has 2 saturated carbocycles. The minimum absolute atomic E-state index is 0.849. The Morgan fingerprint density at radius 2 is 1.17 bits per heavy atom. The lowest BCUT2D eigenvalue weighted by Gasteiger charge is -2.22.